The molecule has 7 heteroatoms. The van der Waals surface area contributed by atoms with Gasteiger partial charge in [0.15, 0.2) is 6.61 Å². The summed E-state index contributed by atoms with van der Waals surface area (Å²) >= 11 is 0. The molecule has 0 amide bonds. The Morgan fingerprint density at radius 3 is 2.55 bits per heavy atom. The van der Waals surface area contributed by atoms with E-state index in [1.807, 2.05) is 23.6 Å². The summed E-state index contributed by atoms with van der Waals surface area (Å²) in [5.74, 6) is -0.549. The number of benzene rings is 1. The number of methoxy groups -OCH3 is 2. The zero-order chi connectivity index (χ0) is 21.4. The first kappa shape index (κ1) is 21.9. The number of hydrogen-bond acceptors (Lipinski definition) is 6. The molecule has 2 rings (SSSR count). The second-order valence-corrected chi connectivity index (χ2v) is 6.40. The van der Waals surface area contributed by atoms with Crippen molar-refractivity contribution in [2.24, 2.45) is 0 Å². The second-order valence-electron chi connectivity index (χ2n) is 6.40. The molecule has 2 aromatic rings. The van der Waals surface area contributed by atoms with E-state index in [1.54, 1.807) is 38.3 Å². The van der Waals surface area contributed by atoms with Crippen molar-refractivity contribution in [1.82, 2.24) is 4.57 Å². The van der Waals surface area contributed by atoms with Crippen LogP contribution in [0.2, 0.25) is 0 Å². The number of Topliss-reactive ketones (excluding diaryl/α,β-unsaturated/α-hetero) is 1. The fourth-order valence-electron chi connectivity index (χ4n) is 2.90. The van der Waals surface area contributed by atoms with Crippen molar-refractivity contribution in [2.75, 3.05) is 20.8 Å². The molecule has 0 aliphatic rings. The molecule has 0 bridgehead atoms. The van der Waals surface area contributed by atoms with Crippen LogP contribution in [0.4, 0.5) is 0 Å². The summed E-state index contributed by atoms with van der Waals surface area (Å²) in [6, 6.07) is 8.94. The van der Waals surface area contributed by atoms with Crippen molar-refractivity contribution in [3.05, 3.63) is 58.9 Å². The van der Waals surface area contributed by atoms with Crippen LogP contribution < -0.4 is 4.74 Å². The zero-order valence-electron chi connectivity index (χ0n) is 17.1. The number of carbonyl (C=O) groups is 3. The highest BCUT2D eigenvalue weighted by Crippen LogP contribution is 2.17. The minimum Gasteiger partial charge on any atom is -0.497 e. The van der Waals surface area contributed by atoms with Crippen LogP contribution >= 0.6 is 0 Å². The minimum atomic E-state index is -0.610. The fraction of sp³-hybridized carbons (Fsp3) is 0.318. The largest absolute Gasteiger partial charge is 0.497 e. The van der Waals surface area contributed by atoms with E-state index >= 15 is 0 Å². The van der Waals surface area contributed by atoms with Gasteiger partial charge in [-0.05, 0) is 43.7 Å². The third-order valence-corrected chi connectivity index (χ3v) is 4.49. The molecule has 0 spiro atoms. The molecular weight excluding hydrogens is 374 g/mol. The predicted molar refractivity (Wildman–Crippen MR) is 108 cm³/mol. The van der Waals surface area contributed by atoms with Crippen LogP contribution in [-0.2, 0) is 25.6 Å². The Kier molecular flexibility index (Phi) is 7.77. The Morgan fingerprint density at radius 2 is 1.86 bits per heavy atom. The van der Waals surface area contributed by atoms with Gasteiger partial charge in [0.05, 0.1) is 20.6 Å². The highest BCUT2D eigenvalue weighted by molar-refractivity contribution is 6.00. The highest BCUT2D eigenvalue weighted by Gasteiger charge is 2.17. The molecule has 1 heterocycles. The predicted octanol–water partition coefficient (Wildman–Crippen LogP) is 3.12. The van der Waals surface area contributed by atoms with Crippen LogP contribution in [0.15, 0.2) is 36.4 Å². The summed E-state index contributed by atoms with van der Waals surface area (Å²) in [5, 5.41) is 0. The number of carbonyl (C=O) groups excluding carboxylic acids is 3. The number of ketones is 1. The normalized spacial score (nSPS) is 10.8. The average Bonchev–Trinajstić information content (AvgIpc) is 3.02. The third-order valence-electron chi connectivity index (χ3n) is 4.49. The van der Waals surface area contributed by atoms with Crippen molar-refractivity contribution >= 4 is 23.8 Å². The first-order valence-electron chi connectivity index (χ1n) is 9.11. The van der Waals surface area contributed by atoms with Gasteiger partial charge in [0.25, 0.3) is 0 Å². The molecule has 154 valence electrons. The van der Waals surface area contributed by atoms with Crippen LogP contribution in [0.25, 0.3) is 6.08 Å². The molecule has 0 aliphatic carbocycles. The van der Waals surface area contributed by atoms with E-state index in [2.05, 4.69) is 4.74 Å². The van der Waals surface area contributed by atoms with E-state index < -0.39 is 5.97 Å². The number of nitrogens with zero attached hydrogens (tertiary/aromatic N) is 1. The van der Waals surface area contributed by atoms with Crippen LogP contribution in [0.1, 0.15) is 33.7 Å². The Bertz CT molecular complexity index is 925. The van der Waals surface area contributed by atoms with Crippen LogP contribution in [0.5, 0.6) is 5.75 Å². The van der Waals surface area contributed by atoms with E-state index in [4.69, 9.17) is 9.47 Å². The first-order chi connectivity index (χ1) is 13.8. The maximum absolute atomic E-state index is 12.5. The lowest BCUT2D eigenvalue weighted by Crippen LogP contribution is -2.14. The van der Waals surface area contributed by atoms with E-state index in [0.717, 1.165) is 17.0 Å². The summed E-state index contributed by atoms with van der Waals surface area (Å²) in [6.07, 6.45) is 3.07. The lowest BCUT2D eigenvalue weighted by Gasteiger charge is -2.09. The molecule has 1 aromatic heterocycles. The summed E-state index contributed by atoms with van der Waals surface area (Å²) in [7, 11) is 2.90. The van der Waals surface area contributed by atoms with Gasteiger partial charge in [0.1, 0.15) is 5.75 Å². The van der Waals surface area contributed by atoms with E-state index in [1.165, 1.54) is 13.2 Å². The summed E-state index contributed by atoms with van der Waals surface area (Å²) < 4.78 is 16.7. The van der Waals surface area contributed by atoms with E-state index in [0.29, 0.717) is 17.9 Å². The fourth-order valence-corrected chi connectivity index (χ4v) is 2.90. The van der Waals surface area contributed by atoms with Gasteiger partial charge in [-0.3, -0.25) is 9.59 Å². The van der Waals surface area contributed by atoms with Crippen molar-refractivity contribution in [3.63, 3.8) is 0 Å². The molecule has 0 unspecified atom stereocenters. The summed E-state index contributed by atoms with van der Waals surface area (Å²) in [4.78, 5) is 35.7. The highest BCUT2D eigenvalue weighted by atomic mass is 16.5. The molecule has 0 aliphatic heterocycles. The van der Waals surface area contributed by atoms with Gasteiger partial charge in [-0.25, -0.2) is 4.79 Å². The van der Waals surface area contributed by atoms with Crippen LogP contribution in [0.3, 0.4) is 0 Å². The molecule has 0 fully saturated rings. The van der Waals surface area contributed by atoms with E-state index in [-0.39, 0.29) is 24.8 Å². The Morgan fingerprint density at radius 1 is 1.10 bits per heavy atom. The van der Waals surface area contributed by atoms with Crippen molar-refractivity contribution in [1.29, 1.82) is 0 Å². The molecule has 0 atom stereocenters. The number of hydrogen-bond donors (Lipinski definition) is 0. The Balaban J connectivity index is 1.95. The molecule has 0 saturated carbocycles. The van der Waals surface area contributed by atoms with Gasteiger partial charge >= 0.3 is 11.9 Å². The molecule has 29 heavy (non-hydrogen) atoms. The number of ether oxygens (including phenoxy) is 3. The van der Waals surface area contributed by atoms with Gasteiger partial charge in [-0.15, -0.1) is 0 Å². The number of rotatable bonds is 9. The molecule has 0 radical (unpaired) electrons. The first-order valence-corrected chi connectivity index (χ1v) is 9.11. The molecule has 0 N–H and O–H groups in total. The quantitative estimate of drug-likeness (QED) is 0.366. The number of esters is 2. The monoisotopic (exact) mass is 399 g/mol. The lowest BCUT2D eigenvalue weighted by molar-refractivity contribution is -0.141. The smallest absolute Gasteiger partial charge is 0.331 e. The van der Waals surface area contributed by atoms with Crippen LogP contribution in [0, 0.1) is 13.8 Å². The maximum Gasteiger partial charge on any atom is 0.331 e. The second kappa shape index (κ2) is 10.3. The standard InChI is InChI=1S/C22H25NO6/c1-15-12-19(16(2)23(15)11-10-21(25)28-4)20(24)14-29-22(26)9-8-17-6-5-7-18(13-17)27-3/h5-9,12-13H,10-11,14H2,1-4H3/b9-8+. The average molecular weight is 399 g/mol. The summed E-state index contributed by atoms with van der Waals surface area (Å²) in [6.45, 7) is 3.70. The third kappa shape index (κ3) is 6.07. The molecular formula is C22H25NO6. The molecule has 1 aromatic carbocycles. The van der Waals surface area contributed by atoms with Gasteiger partial charge in [-0.2, -0.15) is 0 Å². The van der Waals surface area contributed by atoms with Gasteiger partial charge < -0.3 is 18.8 Å². The topological polar surface area (TPSA) is 83.8 Å². The Hall–Kier alpha value is -3.35. The Labute approximate surface area is 169 Å². The SMILES string of the molecule is COC(=O)CCn1c(C)cc(C(=O)COC(=O)/C=C/c2cccc(OC)c2)c1C. The number of aryl methyl sites for hydroxylation is 1. The maximum atomic E-state index is 12.5. The van der Waals surface area contributed by atoms with E-state index in [9.17, 15) is 14.4 Å². The summed E-state index contributed by atoms with van der Waals surface area (Å²) in [5.41, 5.74) is 2.82. The zero-order valence-corrected chi connectivity index (χ0v) is 17.1. The molecule has 0 saturated heterocycles. The van der Waals surface area contributed by atoms with Crippen molar-refractivity contribution in [3.8, 4) is 5.75 Å². The van der Waals surface area contributed by atoms with Gasteiger partial charge in [-0.1, -0.05) is 12.1 Å². The van der Waals surface area contributed by atoms with Crippen molar-refractivity contribution in [2.45, 2.75) is 26.8 Å². The van der Waals surface area contributed by atoms with Crippen molar-refractivity contribution < 1.29 is 28.6 Å². The van der Waals surface area contributed by atoms with Crippen LogP contribution in [-0.4, -0.2) is 43.1 Å². The molecule has 7 nitrogen and oxygen atoms in total. The van der Waals surface area contributed by atoms with Gasteiger partial charge in [0.2, 0.25) is 5.78 Å². The lowest BCUT2D eigenvalue weighted by atomic mass is 10.1. The number of aromatic nitrogens is 1. The minimum absolute atomic E-state index is 0.213. The van der Waals surface area contributed by atoms with Gasteiger partial charge in [0, 0.05) is 29.6 Å².